The number of hydrogen-bond donors (Lipinski definition) is 0. The van der Waals surface area contributed by atoms with Gasteiger partial charge in [-0.1, -0.05) is 217 Å². The quantitative estimate of drug-likeness (QED) is 0.0264. The van der Waals surface area contributed by atoms with Crippen LogP contribution in [-0.2, 0) is 28.6 Å². The van der Waals surface area contributed by atoms with Crippen LogP contribution in [0.4, 0.5) is 0 Å². The predicted octanol–water partition coefficient (Wildman–Crippen LogP) is 15.9. The van der Waals surface area contributed by atoms with Crippen molar-refractivity contribution in [2.45, 2.75) is 252 Å². The standard InChI is InChI=1S/C52H92O6/c1-4-7-10-13-16-19-22-24-25-26-27-29-30-33-36-39-42-45-51(54)57-48-49(47-56-50(53)44-41-38-35-32-21-18-15-12-9-6-3)58-52(55)46-43-40-37-34-31-28-23-20-17-14-11-8-5-2/h7,10,16,19,24-25,27,29,49H,4-6,8-9,11-15,17-18,20-23,26,28,30-48H2,1-3H3/b10-7-,19-16-,25-24-,29-27-. The minimum Gasteiger partial charge on any atom is -0.462 e. The van der Waals surface area contributed by atoms with E-state index in [1.165, 1.54) is 109 Å². The van der Waals surface area contributed by atoms with Gasteiger partial charge in [0.25, 0.3) is 0 Å². The van der Waals surface area contributed by atoms with E-state index in [2.05, 4.69) is 69.4 Å². The second kappa shape index (κ2) is 47.1. The maximum absolute atomic E-state index is 12.7. The van der Waals surface area contributed by atoms with Crippen molar-refractivity contribution in [3.8, 4) is 0 Å². The molecule has 0 aliphatic heterocycles. The van der Waals surface area contributed by atoms with Crippen LogP contribution in [-0.4, -0.2) is 37.2 Å². The normalized spacial score (nSPS) is 12.4. The van der Waals surface area contributed by atoms with Crippen LogP contribution in [0.2, 0.25) is 0 Å². The Morgan fingerprint density at radius 2 is 0.672 bits per heavy atom. The average molecular weight is 813 g/mol. The topological polar surface area (TPSA) is 78.9 Å². The molecule has 0 heterocycles. The SMILES string of the molecule is CC/C=C\C/C=C\C/C=C\C/C=C\CCCCCCC(=O)OCC(COC(=O)CCCCCCCCCCCC)OC(=O)CCCCCCCCCCCCCCC. The molecule has 0 aliphatic carbocycles. The lowest BCUT2D eigenvalue weighted by molar-refractivity contribution is -0.167. The molecule has 0 spiro atoms. The monoisotopic (exact) mass is 813 g/mol. The summed E-state index contributed by atoms with van der Waals surface area (Å²) in [6, 6.07) is 0. The number of esters is 3. The van der Waals surface area contributed by atoms with Crippen molar-refractivity contribution >= 4 is 17.9 Å². The van der Waals surface area contributed by atoms with Gasteiger partial charge in [-0.15, -0.1) is 0 Å². The van der Waals surface area contributed by atoms with Crippen LogP contribution < -0.4 is 0 Å². The van der Waals surface area contributed by atoms with Gasteiger partial charge in [0.1, 0.15) is 13.2 Å². The van der Waals surface area contributed by atoms with Crippen molar-refractivity contribution in [2.24, 2.45) is 0 Å². The highest BCUT2D eigenvalue weighted by Crippen LogP contribution is 2.15. The number of carbonyl (C=O) groups is 3. The Kier molecular flexibility index (Phi) is 44.9. The smallest absolute Gasteiger partial charge is 0.306 e. The summed E-state index contributed by atoms with van der Waals surface area (Å²) in [5.41, 5.74) is 0. The van der Waals surface area contributed by atoms with Gasteiger partial charge in [-0.05, 0) is 57.8 Å². The highest BCUT2D eigenvalue weighted by atomic mass is 16.6. The first-order valence-corrected chi connectivity index (χ1v) is 24.6. The predicted molar refractivity (Wildman–Crippen MR) is 247 cm³/mol. The maximum Gasteiger partial charge on any atom is 0.306 e. The molecule has 0 bridgehead atoms. The van der Waals surface area contributed by atoms with Gasteiger partial charge in [-0.3, -0.25) is 14.4 Å². The molecule has 336 valence electrons. The minimum atomic E-state index is -0.777. The molecule has 0 rings (SSSR count). The van der Waals surface area contributed by atoms with Crippen molar-refractivity contribution in [3.05, 3.63) is 48.6 Å². The lowest BCUT2D eigenvalue weighted by Gasteiger charge is -2.18. The fourth-order valence-corrected chi connectivity index (χ4v) is 6.90. The Hall–Kier alpha value is -2.63. The molecule has 0 saturated heterocycles. The van der Waals surface area contributed by atoms with Crippen LogP contribution in [0.1, 0.15) is 245 Å². The lowest BCUT2D eigenvalue weighted by atomic mass is 10.0. The van der Waals surface area contributed by atoms with E-state index >= 15 is 0 Å². The molecule has 0 saturated carbocycles. The third-order valence-corrected chi connectivity index (χ3v) is 10.6. The summed E-state index contributed by atoms with van der Waals surface area (Å²) in [7, 11) is 0. The first-order valence-electron chi connectivity index (χ1n) is 24.6. The zero-order chi connectivity index (χ0) is 42.3. The Morgan fingerprint density at radius 3 is 1.05 bits per heavy atom. The van der Waals surface area contributed by atoms with Crippen molar-refractivity contribution in [2.75, 3.05) is 13.2 Å². The molecule has 0 aromatic rings. The van der Waals surface area contributed by atoms with E-state index in [4.69, 9.17) is 14.2 Å². The molecule has 0 aliphatic rings. The second-order valence-electron chi connectivity index (χ2n) is 16.4. The van der Waals surface area contributed by atoms with E-state index in [0.29, 0.717) is 19.3 Å². The van der Waals surface area contributed by atoms with Crippen molar-refractivity contribution in [1.82, 2.24) is 0 Å². The molecule has 1 unspecified atom stereocenters. The number of hydrogen-bond acceptors (Lipinski definition) is 6. The molecule has 6 heteroatoms. The molecule has 58 heavy (non-hydrogen) atoms. The minimum absolute atomic E-state index is 0.0779. The molecule has 0 amide bonds. The summed E-state index contributed by atoms with van der Waals surface area (Å²) >= 11 is 0. The van der Waals surface area contributed by atoms with E-state index in [9.17, 15) is 14.4 Å². The summed E-state index contributed by atoms with van der Waals surface area (Å²) in [5.74, 6) is -0.898. The zero-order valence-electron chi connectivity index (χ0n) is 38.3. The van der Waals surface area contributed by atoms with E-state index in [1.54, 1.807) is 0 Å². The van der Waals surface area contributed by atoms with Gasteiger partial charge >= 0.3 is 17.9 Å². The van der Waals surface area contributed by atoms with Crippen LogP contribution in [0, 0.1) is 0 Å². The number of rotatable bonds is 44. The maximum atomic E-state index is 12.7. The highest BCUT2D eigenvalue weighted by molar-refractivity contribution is 5.71. The third kappa shape index (κ3) is 44.5. The van der Waals surface area contributed by atoms with Crippen LogP contribution >= 0.6 is 0 Å². The third-order valence-electron chi connectivity index (χ3n) is 10.6. The zero-order valence-corrected chi connectivity index (χ0v) is 38.3. The van der Waals surface area contributed by atoms with E-state index in [1.807, 2.05) is 0 Å². The van der Waals surface area contributed by atoms with Crippen LogP contribution in [0.25, 0.3) is 0 Å². The van der Waals surface area contributed by atoms with E-state index < -0.39 is 6.10 Å². The first kappa shape index (κ1) is 55.4. The molecule has 0 N–H and O–H groups in total. The lowest BCUT2D eigenvalue weighted by Crippen LogP contribution is -2.30. The molecular formula is C52H92O6. The molecule has 0 radical (unpaired) electrons. The Labute approximate surface area is 358 Å². The van der Waals surface area contributed by atoms with Gasteiger partial charge in [-0.25, -0.2) is 0 Å². The molecule has 1 atom stereocenters. The van der Waals surface area contributed by atoms with E-state index in [-0.39, 0.29) is 31.1 Å². The Bertz CT molecular complexity index is 1030. The molecular weight excluding hydrogens is 721 g/mol. The van der Waals surface area contributed by atoms with Crippen LogP contribution in [0.5, 0.6) is 0 Å². The fourth-order valence-electron chi connectivity index (χ4n) is 6.90. The molecule has 0 aromatic carbocycles. The van der Waals surface area contributed by atoms with Gasteiger partial charge in [0.05, 0.1) is 0 Å². The van der Waals surface area contributed by atoms with E-state index in [0.717, 1.165) is 96.3 Å². The number of ether oxygens (including phenoxy) is 3. The van der Waals surface area contributed by atoms with Crippen molar-refractivity contribution < 1.29 is 28.6 Å². The van der Waals surface area contributed by atoms with Crippen LogP contribution in [0.3, 0.4) is 0 Å². The van der Waals surface area contributed by atoms with Gasteiger partial charge in [0.15, 0.2) is 6.10 Å². The molecule has 6 nitrogen and oxygen atoms in total. The fraction of sp³-hybridized carbons (Fsp3) is 0.788. The van der Waals surface area contributed by atoms with Crippen LogP contribution in [0.15, 0.2) is 48.6 Å². The van der Waals surface area contributed by atoms with Crippen molar-refractivity contribution in [3.63, 3.8) is 0 Å². The van der Waals surface area contributed by atoms with Gasteiger partial charge in [0, 0.05) is 19.3 Å². The average Bonchev–Trinajstić information content (AvgIpc) is 3.22. The van der Waals surface area contributed by atoms with Gasteiger partial charge in [-0.2, -0.15) is 0 Å². The first-order chi connectivity index (χ1) is 28.5. The Balaban J connectivity index is 4.38. The molecule has 0 aromatic heterocycles. The summed E-state index contributed by atoms with van der Waals surface area (Å²) < 4.78 is 16.7. The second-order valence-corrected chi connectivity index (χ2v) is 16.4. The van der Waals surface area contributed by atoms with Gasteiger partial charge in [0.2, 0.25) is 0 Å². The summed E-state index contributed by atoms with van der Waals surface area (Å²) in [5, 5.41) is 0. The summed E-state index contributed by atoms with van der Waals surface area (Å²) in [4.78, 5) is 37.8. The number of unbranched alkanes of at least 4 members (excludes halogenated alkanes) is 25. The summed E-state index contributed by atoms with van der Waals surface area (Å²) in [6.45, 7) is 6.50. The Morgan fingerprint density at radius 1 is 0.362 bits per heavy atom. The number of carbonyl (C=O) groups excluding carboxylic acids is 3. The van der Waals surface area contributed by atoms with Gasteiger partial charge < -0.3 is 14.2 Å². The highest BCUT2D eigenvalue weighted by Gasteiger charge is 2.19. The van der Waals surface area contributed by atoms with Crippen molar-refractivity contribution in [1.29, 1.82) is 0 Å². The number of allylic oxidation sites excluding steroid dienone is 8. The summed E-state index contributed by atoms with van der Waals surface area (Å²) in [6.07, 6.45) is 55.2. The molecule has 0 fully saturated rings. The largest absolute Gasteiger partial charge is 0.462 e.